The Morgan fingerprint density at radius 3 is 2.21 bits per heavy atom. The number of non-ortho nitro benzene ring substituents is 1. The topological polar surface area (TPSA) is 125 Å². The molecule has 9 heteroatoms. The number of nitrogens with zero attached hydrogens (tertiary/aromatic N) is 1. The zero-order chi connectivity index (χ0) is 21.4. The van der Waals surface area contributed by atoms with Gasteiger partial charge in [-0.2, -0.15) is 0 Å². The highest BCUT2D eigenvalue weighted by molar-refractivity contribution is 5.87. The minimum Gasteiger partial charge on any atom is -0.464 e. The van der Waals surface area contributed by atoms with Crippen molar-refractivity contribution in [2.24, 2.45) is 5.73 Å². The lowest BCUT2D eigenvalue weighted by Crippen LogP contribution is -2.50. The largest absolute Gasteiger partial charge is 0.464 e. The number of nitrogens with one attached hydrogen (secondary N) is 1. The molecule has 2 aromatic rings. The first kappa shape index (κ1) is 22.0. The maximum absolute atomic E-state index is 13.1. The van der Waals surface area contributed by atoms with Gasteiger partial charge in [0.1, 0.15) is 11.9 Å². The van der Waals surface area contributed by atoms with Crippen molar-refractivity contribution in [3.8, 4) is 0 Å². The van der Waals surface area contributed by atoms with Gasteiger partial charge in [0, 0.05) is 18.6 Å². The highest BCUT2D eigenvalue weighted by Crippen LogP contribution is 2.13. The zero-order valence-corrected chi connectivity index (χ0v) is 15.8. The molecule has 0 aliphatic carbocycles. The summed E-state index contributed by atoms with van der Waals surface area (Å²) in [5, 5.41) is 13.3. The maximum atomic E-state index is 13.1. The predicted octanol–water partition coefficient (Wildman–Crippen LogP) is 1.89. The summed E-state index contributed by atoms with van der Waals surface area (Å²) >= 11 is 0. The summed E-state index contributed by atoms with van der Waals surface area (Å²) in [5.41, 5.74) is 7.16. The fraction of sp³-hybridized carbons (Fsp3) is 0.300. The van der Waals surface area contributed by atoms with Gasteiger partial charge in [0.25, 0.3) is 5.69 Å². The van der Waals surface area contributed by atoms with Gasteiger partial charge in [0.2, 0.25) is 5.91 Å². The second-order valence-electron chi connectivity index (χ2n) is 6.38. The van der Waals surface area contributed by atoms with Gasteiger partial charge in [-0.05, 0) is 36.6 Å². The van der Waals surface area contributed by atoms with Crippen LogP contribution >= 0.6 is 0 Å². The van der Waals surface area contributed by atoms with Gasteiger partial charge in [-0.1, -0.05) is 24.3 Å². The molecular formula is C20H22FN3O5. The summed E-state index contributed by atoms with van der Waals surface area (Å²) in [6.45, 7) is 1.79. The van der Waals surface area contributed by atoms with Crippen molar-refractivity contribution < 1.29 is 23.6 Å². The molecule has 29 heavy (non-hydrogen) atoms. The number of nitro groups is 1. The lowest BCUT2D eigenvalue weighted by Gasteiger charge is -2.20. The Hall–Kier alpha value is -3.33. The Kier molecular flexibility index (Phi) is 7.79. The van der Waals surface area contributed by atoms with E-state index in [9.17, 15) is 24.1 Å². The van der Waals surface area contributed by atoms with E-state index in [1.54, 1.807) is 6.92 Å². The van der Waals surface area contributed by atoms with E-state index in [2.05, 4.69) is 5.32 Å². The maximum Gasteiger partial charge on any atom is 0.328 e. The molecule has 0 heterocycles. The van der Waals surface area contributed by atoms with E-state index in [4.69, 9.17) is 10.5 Å². The van der Waals surface area contributed by atoms with Crippen LogP contribution in [0.1, 0.15) is 18.1 Å². The molecule has 0 bridgehead atoms. The van der Waals surface area contributed by atoms with Crippen LogP contribution in [0.25, 0.3) is 0 Å². The molecule has 1 amide bonds. The number of rotatable bonds is 9. The van der Waals surface area contributed by atoms with Crippen molar-refractivity contribution in [2.45, 2.75) is 31.8 Å². The first-order chi connectivity index (χ1) is 13.8. The van der Waals surface area contributed by atoms with Gasteiger partial charge in [-0.3, -0.25) is 14.9 Å². The molecule has 0 aromatic heterocycles. The molecule has 0 aliphatic rings. The SMILES string of the molecule is CCOC(=O)[C@H](Cc1ccc(F)cc1)NC(=O)[C@@H](N)Cc1ccc([N+](=O)[O-])cc1. The molecule has 3 N–H and O–H groups in total. The van der Waals surface area contributed by atoms with Crippen LogP contribution < -0.4 is 11.1 Å². The Balaban J connectivity index is 2.03. The molecule has 0 aliphatic heterocycles. The van der Waals surface area contributed by atoms with Gasteiger partial charge in [0.05, 0.1) is 17.6 Å². The van der Waals surface area contributed by atoms with Crippen LogP contribution in [0.15, 0.2) is 48.5 Å². The molecule has 8 nitrogen and oxygen atoms in total. The predicted molar refractivity (Wildman–Crippen MR) is 103 cm³/mol. The van der Waals surface area contributed by atoms with Crippen LogP contribution in [0.3, 0.4) is 0 Å². The number of nitrogens with two attached hydrogens (primary N) is 1. The van der Waals surface area contributed by atoms with Gasteiger partial charge < -0.3 is 15.8 Å². The Morgan fingerprint density at radius 1 is 1.10 bits per heavy atom. The number of amides is 1. The molecule has 2 aromatic carbocycles. The monoisotopic (exact) mass is 403 g/mol. The molecule has 0 saturated carbocycles. The van der Waals surface area contributed by atoms with Crippen LogP contribution in [0.2, 0.25) is 0 Å². The number of nitro benzene ring substituents is 1. The van der Waals surface area contributed by atoms with Crippen LogP contribution in [0, 0.1) is 15.9 Å². The molecule has 0 spiro atoms. The van der Waals surface area contributed by atoms with Gasteiger partial charge >= 0.3 is 5.97 Å². The molecule has 0 saturated heterocycles. The number of hydrogen-bond donors (Lipinski definition) is 2. The highest BCUT2D eigenvalue weighted by Gasteiger charge is 2.25. The molecule has 2 atom stereocenters. The minimum absolute atomic E-state index is 0.0616. The Morgan fingerprint density at radius 2 is 1.66 bits per heavy atom. The fourth-order valence-electron chi connectivity index (χ4n) is 2.67. The van der Waals surface area contributed by atoms with E-state index in [1.807, 2.05) is 0 Å². The fourth-order valence-corrected chi connectivity index (χ4v) is 2.67. The summed E-state index contributed by atoms with van der Waals surface area (Å²) in [4.78, 5) is 34.9. The number of carbonyl (C=O) groups excluding carboxylic acids is 2. The third-order valence-electron chi connectivity index (χ3n) is 4.18. The number of benzene rings is 2. The Labute approximate surface area is 167 Å². The van der Waals surface area contributed by atoms with Crippen molar-refractivity contribution in [3.63, 3.8) is 0 Å². The second-order valence-corrected chi connectivity index (χ2v) is 6.38. The van der Waals surface area contributed by atoms with Crippen molar-refractivity contribution in [2.75, 3.05) is 6.61 Å². The number of esters is 1. The standard InChI is InChI=1S/C20H22FN3O5/c1-2-29-20(26)18(12-14-3-7-15(21)8-4-14)23-19(25)17(22)11-13-5-9-16(10-6-13)24(27)28/h3-10,17-18H,2,11-12,22H2,1H3,(H,23,25)/t17-,18-/m0/s1. The smallest absolute Gasteiger partial charge is 0.328 e. The summed E-state index contributed by atoms with van der Waals surface area (Å²) in [6, 6.07) is 9.32. The van der Waals surface area contributed by atoms with Gasteiger partial charge in [-0.15, -0.1) is 0 Å². The first-order valence-corrected chi connectivity index (χ1v) is 9.00. The number of ether oxygens (including phenoxy) is 1. The average Bonchev–Trinajstić information content (AvgIpc) is 2.69. The summed E-state index contributed by atoms with van der Waals surface area (Å²) in [6.07, 6.45) is 0.255. The van der Waals surface area contributed by atoms with Crippen molar-refractivity contribution >= 4 is 17.6 Å². The van der Waals surface area contributed by atoms with Gasteiger partial charge in [0.15, 0.2) is 0 Å². The normalized spacial score (nSPS) is 12.7. The Bertz CT molecular complexity index is 855. The molecule has 0 unspecified atom stereocenters. The molecular weight excluding hydrogens is 381 g/mol. The molecule has 0 fully saturated rings. The zero-order valence-electron chi connectivity index (χ0n) is 15.8. The van der Waals surface area contributed by atoms with Crippen LogP contribution in [0.5, 0.6) is 0 Å². The number of carbonyl (C=O) groups is 2. The third-order valence-corrected chi connectivity index (χ3v) is 4.18. The average molecular weight is 403 g/mol. The van der Waals surface area contributed by atoms with Crippen LogP contribution in [-0.2, 0) is 27.2 Å². The van der Waals surface area contributed by atoms with Crippen molar-refractivity contribution in [1.82, 2.24) is 5.32 Å². The van der Waals surface area contributed by atoms with E-state index in [-0.39, 0.29) is 25.1 Å². The van der Waals surface area contributed by atoms with E-state index < -0.39 is 34.7 Å². The van der Waals surface area contributed by atoms with E-state index >= 15 is 0 Å². The van der Waals surface area contributed by atoms with Gasteiger partial charge in [-0.25, -0.2) is 9.18 Å². The highest BCUT2D eigenvalue weighted by atomic mass is 19.1. The quantitative estimate of drug-likeness (QED) is 0.374. The van der Waals surface area contributed by atoms with Crippen LogP contribution in [0.4, 0.5) is 10.1 Å². The summed E-state index contributed by atoms with van der Waals surface area (Å²) in [7, 11) is 0. The lowest BCUT2D eigenvalue weighted by atomic mass is 10.0. The van der Waals surface area contributed by atoms with E-state index in [0.717, 1.165) is 0 Å². The minimum atomic E-state index is -0.976. The lowest BCUT2D eigenvalue weighted by molar-refractivity contribution is -0.384. The van der Waals surface area contributed by atoms with Crippen molar-refractivity contribution in [1.29, 1.82) is 0 Å². The van der Waals surface area contributed by atoms with E-state index in [1.165, 1.54) is 48.5 Å². The molecule has 154 valence electrons. The van der Waals surface area contributed by atoms with Crippen LogP contribution in [-0.4, -0.2) is 35.5 Å². The number of halogens is 1. The second kappa shape index (κ2) is 10.3. The van der Waals surface area contributed by atoms with Crippen molar-refractivity contribution in [3.05, 3.63) is 75.6 Å². The van der Waals surface area contributed by atoms with E-state index in [0.29, 0.717) is 11.1 Å². The first-order valence-electron chi connectivity index (χ1n) is 9.00. The molecule has 2 rings (SSSR count). The third kappa shape index (κ3) is 6.65. The summed E-state index contributed by atoms with van der Waals surface area (Å²) < 4.78 is 18.1. The number of hydrogen-bond acceptors (Lipinski definition) is 6. The molecule has 0 radical (unpaired) electrons. The summed E-state index contributed by atoms with van der Waals surface area (Å²) in [5.74, 6) is -1.59.